The zero-order chi connectivity index (χ0) is 13.9. The fraction of sp³-hybridized carbons (Fsp3) is 0.273. The van der Waals surface area contributed by atoms with Crippen LogP contribution in [0.1, 0.15) is 11.1 Å². The van der Waals surface area contributed by atoms with Gasteiger partial charge in [-0.1, -0.05) is 5.92 Å². The number of rotatable bonds is 4. The Balaban J connectivity index is 3.41. The van der Waals surface area contributed by atoms with Gasteiger partial charge in [0.15, 0.2) is 0 Å². The monoisotopic (exact) mass is 268 g/mol. The molecule has 0 saturated carbocycles. The number of terminal acetylenes is 1. The van der Waals surface area contributed by atoms with Gasteiger partial charge in [-0.05, 0) is 25.0 Å². The van der Waals surface area contributed by atoms with Crippen molar-refractivity contribution in [3.8, 4) is 12.3 Å². The van der Waals surface area contributed by atoms with Crippen molar-refractivity contribution in [2.75, 3.05) is 6.54 Å². The van der Waals surface area contributed by atoms with Crippen LogP contribution in [0.25, 0.3) is 0 Å². The molecule has 18 heavy (non-hydrogen) atoms. The van der Waals surface area contributed by atoms with E-state index in [1.807, 2.05) is 0 Å². The number of sulfonamides is 1. The van der Waals surface area contributed by atoms with Crippen molar-refractivity contribution >= 4 is 15.7 Å². The third-order valence-corrected chi connectivity index (χ3v) is 4.00. The van der Waals surface area contributed by atoms with Crippen molar-refractivity contribution in [2.45, 2.75) is 18.7 Å². The maximum atomic E-state index is 11.9. The Morgan fingerprint density at radius 3 is 2.56 bits per heavy atom. The Labute approximate surface area is 105 Å². The van der Waals surface area contributed by atoms with Gasteiger partial charge in [-0.2, -0.15) is 4.72 Å². The van der Waals surface area contributed by atoms with Gasteiger partial charge in [-0.3, -0.25) is 10.1 Å². The van der Waals surface area contributed by atoms with Crippen LogP contribution in [0.3, 0.4) is 0 Å². The summed E-state index contributed by atoms with van der Waals surface area (Å²) < 4.78 is 26.0. The second kappa shape index (κ2) is 5.16. The summed E-state index contributed by atoms with van der Waals surface area (Å²) in [5, 5.41) is 10.7. The smallest absolute Gasteiger partial charge is 0.258 e. The number of hydrogen-bond acceptors (Lipinski definition) is 4. The van der Waals surface area contributed by atoms with E-state index < -0.39 is 14.9 Å². The van der Waals surface area contributed by atoms with Gasteiger partial charge in [-0.15, -0.1) is 6.42 Å². The number of hydrogen-bond donors (Lipinski definition) is 1. The van der Waals surface area contributed by atoms with Crippen LogP contribution >= 0.6 is 0 Å². The minimum Gasteiger partial charge on any atom is -0.258 e. The topological polar surface area (TPSA) is 89.3 Å². The molecule has 0 amide bonds. The van der Waals surface area contributed by atoms with E-state index in [0.717, 1.165) is 6.07 Å². The number of nitro groups is 1. The number of non-ortho nitro benzene ring substituents is 1. The zero-order valence-corrected chi connectivity index (χ0v) is 10.7. The fourth-order valence-corrected chi connectivity index (χ4v) is 2.68. The molecule has 7 heteroatoms. The van der Waals surface area contributed by atoms with Gasteiger partial charge in [0.25, 0.3) is 5.69 Å². The summed E-state index contributed by atoms with van der Waals surface area (Å²) in [5.74, 6) is 2.14. The molecule has 0 heterocycles. The second-order valence-electron chi connectivity index (χ2n) is 3.67. The molecule has 6 nitrogen and oxygen atoms in total. The highest BCUT2D eigenvalue weighted by Gasteiger charge is 2.21. The molecule has 0 unspecified atom stereocenters. The molecule has 0 aliphatic heterocycles. The standard InChI is InChI=1S/C11H12N2O4S/c1-4-5-12-18(16,17)11-7-10(13(14)15)6-8(2)9(11)3/h1,6-7,12H,5H2,2-3H3. The normalized spacial score (nSPS) is 10.9. The Bertz CT molecular complexity index is 629. The molecule has 1 rings (SSSR count). The van der Waals surface area contributed by atoms with Crippen molar-refractivity contribution < 1.29 is 13.3 Å². The van der Waals surface area contributed by atoms with E-state index >= 15 is 0 Å². The van der Waals surface area contributed by atoms with Crippen LogP contribution in [0.2, 0.25) is 0 Å². The minimum absolute atomic E-state index is 0.121. The van der Waals surface area contributed by atoms with E-state index in [1.54, 1.807) is 13.8 Å². The third kappa shape index (κ3) is 2.85. The number of nitrogens with zero attached hydrogens (tertiary/aromatic N) is 1. The summed E-state index contributed by atoms with van der Waals surface area (Å²) in [7, 11) is -3.83. The van der Waals surface area contributed by atoms with Crippen LogP contribution in [0, 0.1) is 36.3 Å². The van der Waals surface area contributed by atoms with E-state index in [0.29, 0.717) is 11.1 Å². The molecule has 96 valence electrons. The lowest BCUT2D eigenvalue weighted by Crippen LogP contribution is -2.25. The SMILES string of the molecule is C#CCNS(=O)(=O)c1cc([N+](=O)[O-])cc(C)c1C. The van der Waals surface area contributed by atoms with Gasteiger partial charge in [0.1, 0.15) is 0 Å². The molecule has 0 atom stereocenters. The third-order valence-electron chi connectivity index (χ3n) is 2.47. The minimum atomic E-state index is -3.83. The van der Waals surface area contributed by atoms with Crippen molar-refractivity contribution in [3.63, 3.8) is 0 Å². The molecule has 0 bridgehead atoms. The van der Waals surface area contributed by atoms with Crippen LogP contribution in [0.4, 0.5) is 5.69 Å². The number of nitro benzene ring substituents is 1. The lowest BCUT2D eigenvalue weighted by Gasteiger charge is -2.09. The predicted molar refractivity (Wildman–Crippen MR) is 66.6 cm³/mol. The molecule has 1 N–H and O–H groups in total. The first-order valence-electron chi connectivity index (χ1n) is 4.98. The molecule has 0 aromatic heterocycles. The Morgan fingerprint density at radius 2 is 2.06 bits per heavy atom. The van der Waals surface area contributed by atoms with Gasteiger partial charge in [-0.25, -0.2) is 8.42 Å². The summed E-state index contributed by atoms with van der Waals surface area (Å²) in [6, 6.07) is 2.36. The largest absolute Gasteiger partial charge is 0.271 e. The van der Waals surface area contributed by atoms with Gasteiger partial charge >= 0.3 is 0 Å². The summed E-state index contributed by atoms with van der Waals surface area (Å²) in [5.41, 5.74) is 0.731. The lowest BCUT2D eigenvalue weighted by atomic mass is 10.1. The maximum absolute atomic E-state index is 11.9. The quantitative estimate of drug-likeness (QED) is 0.503. The molecule has 0 spiro atoms. The lowest BCUT2D eigenvalue weighted by molar-refractivity contribution is -0.385. The molecule has 0 aliphatic carbocycles. The Morgan fingerprint density at radius 1 is 1.44 bits per heavy atom. The fourth-order valence-electron chi connectivity index (χ4n) is 1.41. The van der Waals surface area contributed by atoms with Gasteiger partial charge in [0.05, 0.1) is 16.4 Å². The summed E-state index contributed by atoms with van der Waals surface area (Å²) in [6.07, 6.45) is 4.97. The Hall–Kier alpha value is -1.91. The summed E-state index contributed by atoms with van der Waals surface area (Å²) in [6.45, 7) is 3.04. The molecule has 0 fully saturated rings. The first-order chi connectivity index (χ1) is 8.29. The van der Waals surface area contributed by atoms with E-state index in [-0.39, 0.29) is 17.1 Å². The highest BCUT2D eigenvalue weighted by molar-refractivity contribution is 7.89. The average Bonchev–Trinajstić information content (AvgIpc) is 2.29. The second-order valence-corrected chi connectivity index (χ2v) is 5.41. The molecular weight excluding hydrogens is 256 g/mol. The van der Waals surface area contributed by atoms with Crippen molar-refractivity contribution in [3.05, 3.63) is 33.4 Å². The first kappa shape index (κ1) is 14.2. The number of nitrogens with one attached hydrogen (secondary N) is 1. The van der Waals surface area contributed by atoms with Crippen molar-refractivity contribution in [1.82, 2.24) is 4.72 Å². The van der Waals surface area contributed by atoms with Gasteiger partial charge < -0.3 is 0 Å². The molecule has 0 aliphatic rings. The van der Waals surface area contributed by atoms with Gasteiger partial charge in [0.2, 0.25) is 10.0 Å². The van der Waals surface area contributed by atoms with Crippen LogP contribution < -0.4 is 4.72 Å². The van der Waals surface area contributed by atoms with E-state index in [1.165, 1.54) is 6.07 Å². The van der Waals surface area contributed by atoms with Crippen LogP contribution in [-0.2, 0) is 10.0 Å². The summed E-state index contributed by atoms with van der Waals surface area (Å²) in [4.78, 5) is 9.96. The Kier molecular flexibility index (Phi) is 4.06. The van der Waals surface area contributed by atoms with E-state index in [4.69, 9.17) is 6.42 Å². The van der Waals surface area contributed by atoms with Crippen LogP contribution in [-0.4, -0.2) is 19.9 Å². The molecule has 1 aromatic rings. The molecule has 1 aromatic carbocycles. The van der Waals surface area contributed by atoms with Gasteiger partial charge in [0, 0.05) is 12.1 Å². The van der Waals surface area contributed by atoms with E-state index in [9.17, 15) is 18.5 Å². The predicted octanol–water partition coefficient (Wildman–Crippen LogP) is 1.12. The zero-order valence-electron chi connectivity index (χ0n) is 9.93. The number of aryl methyl sites for hydroxylation is 1. The highest BCUT2D eigenvalue weighted by atomic mass is 32.2. The molecule has 0 saturated heterocycles. The first-order valence-corrected chi connectivity index (χ1v) is 6.46. The van der Waals surface area contributed by atoms with E-state index in [2.05, 4.69) is 10.6 Å². The van der Waals surface area contributed by atoms with Crippen molar-refractivity contribution in [2.24, 2.45) is 0 Å². The average molecular weight is 268 g/mol. The van der Waals surface area contributed by atoms with Crippen molar-refractivity contribution in [1.29, 1.82) is 0 Å². The maximum Gasteiger partial charge on any atom is 0.271 e. The molecule has 0 radical (unpaired) electrons. The highest BCUT2D eigenvalue weighted by Crippen LogP contribution is 2.25. The van der Waals surface area contributed by atoms with Crippen LogP contribution in [0.15, 0.2) is 17.0 Å². The summed E-state index contributed by atoms with van der Waals surface area (Å²) >= 11 is 0. The molecular formula is C11H12N2O4S. The number of benzene rings is 1. The van der Waals surface area contributed by atoms with Crippen LogP contribution in [0.5, 0.6) is 0 Å².